The molecule has 1 aliphatic carbocycles. The summed E-state index contributed by atoms with van der Waals surface area (Å²) in [6, 6.07) is 5.44. The molecule has 2 aliphatic heterocycles. The van der Waals surface area contributed by atoms with E-state index in [1.54, 1.807) is 6.07 Å². The molecule has 4 rings (SSSR count). The third kappa shape index (κ3) is 4.19. The van der Waals surface area contributed by atoms with E-state index in [0.717, 1.165) is 31.7 Å². The largest absolute Gasteiger partial charge is 0.300 e. The molecule has 4 N–H and O–H groups in total. The highest BCUT2D eigenvalue weighted by atomic mass is 19.1. The molecule has 1 aromatic carbocycles. The summed E-state index contributed by atoms with van der Waals surface area (Å²) in [6.07, 6.45) is 2.53. The number of hydroxylamine groups is 1. The lowest BCUT2D eigenvalue weighted by molar-refractivity contribution is 0.0104. The molecule has 0 aromatic heterocycles. The van der Waals surface area contributed by atoms with Gasteiger partial charge in [0.25, 0.3) is 0 Å². The van der Waals surface area contributed by atoms with Crippen LogP contribution < -0.4 is 21.4 Å². The Kier molecular flexibility index (Phi) is 5.30. The van der Waals surface area contributed by atoms with Gasteiger partial charge in [-0.25, -0.2) is 4.39 Å². The number of rotatable bonds is 6. The van der Waals surface area contributed by atoms with E-state index in [0.29, 0.717) is 18.0 Å². The van der Waals surface area contributed by atoms with Gasteiger partial charge >= 0.3 is 0 Å². The smallest absolute Gasteiger partial charge is 0.134 e. The van der Waals surface area contributed by atoms with Crippen LogP contribution in [0.1, 0.15) is 37.1 Å². The van der Waals surface area contributed by atoms with Crippen LogP contribution in [-0.2, 0) is 11.4 Å². The maximum Gasteiger partial charge on any atom is 0.134 e. The van der Waals surface area contributed by atoms with Crippen LogP contribution >= 0.6 is 0 Å². The topological polar surface area (TPSA) is 60.6 Å². The second-order valence-corrected chi connectivity index (χ2v) is 7.23. The molecule has 0 amide bonds. The maximum atomic E-state index is 14.5. The van der Waals surface area contributed by atoms with Gasteiger partial charge in [0.05, 0.1) is 6.17 Å². The summed E-state index contributed by atoms with van der Waals surface area (Å²) in [5.74, 6) is 0.420. The summed E-state index contributed by atoms with van der Waals surface area (Å²) >= 11 is 0. The fraction of sp³-hybridized carbons (Fsp3) is 0.667. The first-order valence-corrected chi connectivity index (χ1v) is 9.37. The minimum Gasteiger partial charge on any atom is -0.300 e. The van der Waals surface area contributed by atoms with Gasteiger partial charge in [-0.2, -0.15) is 5.48 Å². The zero-order valence-corrected chi connectivity index (χ0v) is 14.7. The third-order valence-electron chi connectivity index (χ3n) is 5.35. The van der Waals surface area contributed by atoms with Crippen LogP contribution in [0.15, 0.2) is 18.2 Å². The summed E-state index contributed by atoms with van der Waals surface area (Å²) in [7, 11) is 0. The van der Waals surface area contributed by atoms with Crippen molar-refractivity contribution in [1.29, 1.82) is 0 Å². The van der Waals surface area contributed by atoms with E-state index in [1.807, 2.05) is 12.1 Å². The Hall–Kier alpha value is -1.09. The standard InChI is InChI=1S/C18H28FN5O/c1-2-24-8-7-20-16(11-24)21-10-14-6-5-13(9-15(14)19)17-22-18(25-23-17)12-3-4-12/h5-6,9,12,16-18,20-23H,2-4,7-8,10-11H2,1H3. The second-order valence-electron chi connectivity index (χ2n) is 7.23. The zero-order valence-electron chi connectivity index (χ0n) is 14.7. The molecule has 138 valence electrons. The van der Waals surface area contributed by atoms with Gasteiger partial charge < -0.3 is 0 Å². The number of piperazine rings is 1. The number of hydrogen-bond donors (Lipinski definition) is 4. The van der Waals surface area contributed by atoms with E-state index in [1.165, 1.54) is 12.8 Å². The summed E-state index contributed by atoms with van der Waals surface area (Å²) < 4.78 is 14.5. The van der Waals surface area contributed by atoms with Crippen molar-refractivity contribution in [2.24, 2.45) is 5.92 Å². The Morgan fingerprint density at radius 2 is 2.24 bits per heavy atom. The van der Waals surface area contributed by atoms with Crippen LogP contribution in [-0.4, -0.2) is 43.5 Å². The molecule has 0 bridgehead atoms. The third-order valence-corrected chi connectivity index (χ3v) is 5.35. The van der Waals surface area contributed by atoms with Gasteiger partial charge in [-0.15, -0.1) is 0 Å². The van der Waals surface area contributed by atoms with E-state index in [9.17, 15) is 4.39 Å². The van der Waals surface area contributed by atoms with Gasteiger partial charge in [0, 0.05) is 37.7 Å². The molecule has 1 aromatic rings. The predicted octanol–water partition coefficient (Wildman–Crippen LogP) is 1.03. The zero-order chi connectivity index (χ0) is 17.2. The van der Waals surface area contributed by atoms with Crippen LogP contribution in [0.4, 0.5) is 4.39 Å². The second kappa shape index (κ2) is 7.65. The molecule has 6 nitrogen and oxygen atoms in total. The Bertz CT molecular complexity index is 597. The molecule has 1 saturated carbocycles. The summed E-state index contributed by atoms with van der Waals surface area (Å²) in [5, 5.41) is 10.2. The molecule has 25 heavy (non-hydrogen) atoms. The van der Waals surface area contributed by atoms with E-state index < -0.39 is 0 Å². The van der Waals surface area contributed by atoms with Gasteiger partial charge in [-0.1, -0.05) is 19.1 Å². The van der Waals surface area contributed by atoms with Crippen molar-refractivity contribution in [3.63, 3.8) is 0 Å². The van der Waals surface area contributed by atoms with Crippen molar-refractivity contribution in [3.05, 3.63) is 35.1 Å². The fourth-order valence-electron chi connectivity index (χ4n) is 3.52. The quantitative estimate of drug-likeness (QED) is 0.615. The maximum absolute atomic E-state index is 14.5. The highest BCUT2D eigenvalue weighted by Gasteiger charge is 2.38. The van der Waals surface area contributed by atoms with E-state index in [2.05, 4.69) is 33.3 Å². The molecule has 3 fully saturated rings. The van der Waals surface area contributed by atoms with Crippen molar-refractivity contribution < 1.29 is 9.23 Å². The molecule has 0 radical (unpaired) electrons. The minimum absolute atomic E-state index is 0.0493. The van der Waals surface area contributed by atoms with Gasteiger partial charge in [-0.3, -0.25) is 25.7 Å². The lowest BCUT2D eigenvalue weighted by atomic mass is 10.1. The average Bonchev–Trinajstić information content (AvgIpc) is 3.38. The molecule has 3 unspecified atom stereocenters. The highest BCUT2D eigenvalue weighted by molar-refractivity contribution is 5.27. The summed E-state index contributed by atoms with van der Waals surface area (Å²) in [5.41, 5.74) is 4.54. The van der Waals surface area contributed by atoms with Crippen molar-refractivity contribution in [2.45, 2.75) is 44.9 Å². The predicted molar refractivity (Wildman–Crippen MR) is 93.8 cm³/mol. The fourth-order valence-corrected chi connectivity index (χ4v) is 3.52. The number of halogens is 1. The minimum atomic E-state index is -0.174. The Morgan fingerprint density at radius 3 is 3.00 bits per heavy atom. The van der Waals surface area contributed by atoms with E-state index in [-0.39, 0.29) is 24.4 Å². The van der Waals surface area contributed by atoms with E-state index >= 15 is 0 Å². The molecule has 7 heteroatoms. The molecule has 2 heterocycles. The van der Waals surface area contributed by atoms with E-state index in [4.69, 9.17) is 4.84 Å². The number of nitrogens with zero attached hydrogens (tertiary/aromatic N) is 1. The summed E-state index contributed by atoms with van der Waals surface area (Å²) in [4.78, 5) is 7.94. The lowest BCUT2D eigenvalue weighted by Gasteiger charge is -2.33. The van der Waals surface area contributed by atoms with Crippen molar-refractivity contribution >= 4 is 0 Å². The Balaban J connectivity index is 1.32. The van der Waals surface area contributed by atoms with Crippen LogP contribution in [0.25, 0.3) is 0 Å². The van der Waals surface area contributed by atoms with Crippen LogP contribution in [0.3, 0.4) is 0 Å². The van der Waals surface area contributed by atoms with Gasteiger partial charge in [0.15, 0.2) is 0 Å². The summed E-state index contributed by atoms with van der Waals surface area (Å²) in [6.45, 7) is 6.73. The van der Waals surface area contributed by atoms with Crippen molar-refractivity contribution in [2.75, 3.05) is 26.2 Å². The number of benzene rings is 1. The molecule has 0 spiro atoms. The molecule has 3 aliphatic rings. The van der Waals surface area contributed by atoms with Crippen LogP contribution in [0, 0.1) is 11.7 Å². The monoisotopic (exact) mass is 349 g/mol. The molecular formula is C18H28FN5O. The van der Waals surface area contributed by atoms with Crippen molar-refractivity contribution in [1.82, 2.24) is 26.3 Å². The first kappa shape index (κ1) is 17.3. The van der Waals surface area contributed by atoms with Gasteiger partial charge in [0.2, 0.25) is 0 Å². The SMILES string of the molecule is CCN1CCNC(NCc2ccc(C3NOC(C4CC4)N3)cc2F)C1. The first-order chi connectivity index (χ1) is 12.2. The Labute approximate surface area is 148 Å². The molecule has 3 atom stereocenters. The molecule has 2 saturated heterocycles. The highest BCUT2D eigenvalue weighted by Crippen LogP contribution is 2.35. The normalized spacial score (nSPS) is 30.7. The number of nitrogens with one attached hydrogen (secondary N) is 4. The van der Waals surface area contributed by atoms with Crippen LogP contribution in [0.2, 0.25) is 0 Å². The number of likely N-dealkylation sites (N-methyl/N-ethyl adjacent to an activating group) is 1. The van der Waals surface area contributed by atoms with Gasteiger partial charge in [-0.05, 0) is 31.0 Å². The lowest BCUT2D eigenvalue weighted by Crippen LogP contribution is -2.56. The van der Waals surface area contributed by atoms with Crippen molar-refractivity contribution in [3.8, 4) is 0 Å². The number of hydrogen-bond acceptors (Lipinski definition) is 6. The average molecular weight is 349 g/mol. The first-order valence-electron chi connectivity index (χ1n) is 9.37. The van der Waals surface area contributed by atoms with Gasteiger partial charge in [0.1, 0.15) is 18.2 Å². The van der Waals surface area contributed by atoms with Crippen LogP contribution in [0.5, 0.6) is 0 Å². The Morgan fingerprint density at radius 1 is 1.36 bits per heavy atom. The molecular weight excluding hydrogens is 321 g/mol.